The summed E-state index contributed by atoms with van der Waals surface area (Å²) in [6.45, 7) is 15.0. The van der Waals surface area contributed by atoms with Crippen molar-refractivity contribution in [1.29, 1.82) is 0 Å². The SMILES string of the molecule is CCc1cc(-c2nc(CN)c(OC(CC)CC)nc2CC)c(C)nc1NC(C)C. The molecule has 0 bridgehead atoms. The third-order valence-electron chi connectivity index (χ3n) is 5.07. The van der Waals surface area contributed by atoms with Gasteiger partial charge in [0.05, 0.1) is 17.5 Å². The van der Waals surface area contributed by atoms with E-state index < -0.39 is 0 Å². The van der Waals surface area contributed by atoms with Crippen molar-refractivity contribution in [3.8, 4) is 17.1 Å². The summed E-state index contributed by atoms with van der Waals surface area (Å²) in [5.41, 5.74) is 11.6. The van der Waals surface area contributed by atoms with E-state index in [1.54, 1.807) is 0 Å². The maximum Gasteiger partial charge on any atom is 0.237 e. The third-order valence-corrected chi connectivity index (χ3v) is 5.07. The number of anilines is 1. The van der Waals surface area contributed by atoms with Crippen molar-refractivity contribution >= 4 is 5.82 Å². The van der Waals surface area contributed by atoms with E-state index in [1.165, 1.54) is 5.56 Å². The average Bonchev–Trinajstić information content (AvgIpc) is 2.71. The smallest absolute Gasteiger partial charge is 0.237 e. The first-order valence-electron chi connectivity index (χ1n) is 10.9. The molecule has 0 saturated carbocycles. The van der Waals surface area contributed by atoms with Crippen LogP contribution in [0.4, 0.5) is 5.82 Å². The maximum absolute atomic E-state index is 6.13. The largest absolute Gasteiger partial charge is 0.473 e. The Morgan fingerprint density at radius 3 is 2.21 bits per heavy atom. The molecular formula is C23H37N5O. The van der Waals surface area contributed by atoms with Gasteiger partial charge in [-0.3, -0.25) is 0 Å². The Hall–Kier alpha value is -2.21. The number of nitrogens with one attached hydrogen (secondary N) is 1. The summed E-state index contributed by atoms with van der Waals surface area (Å²) in [7, 11) is 0. The highest BCUT2D eigenvalue weighted by Crippen LogP contribution is 2.31. The molecule has 6 heteroatoms. The molecule has 0 aliphatic rings. The molecule has 0 aliphatic heterocycles. The first-order valence-corrected chi connectivity index (χ1v) is 10.9. The first kappa shape index (κ1) is 23.1. The minimum absolute atomic E-state index is 0.127. The Morgan fingerprint density at radius 1 is 1.00 bits per heavy atom. The van der Waals surface area contributed by atoms with Gasteiger partial charge in [0.1, 0.15) is 11.5 Å². The zero-order chi connectivity index (χ0) is 21.6. The lowest BCUT2D eigenvalue weighted by molar-refractivity contribution is 0.181. The second-order valence-corrected chi connectivity index (χ2v) is 7.67. The summed E-state index contributed by atoms with van der Waals surface area (Å²) in [4.78, 5) is 14.6. The predicted molar refractivity (Wildman–Crippen MR) is 120 cm³/mol. The fourth-order valence-corrected chi connectivity index (χ4v) is 3.34. The Labute approximate surface area is 175 Å². The van der Waals surface area contributed by atoms with Gasteiger partial charge in [-0.25, -0.2) is 15.0 Å². The van der Waals surface area contributed by atoms with Gasteiger partial charge in [0.25, 0.3) is 0 Å². The van der Waals surface area contributed by atoms with Gasteiger partial charge in [0.15, 0.2) is 0 Å². The number of rotatable bonds is 10. The molecule has 29 heavy (non-hydrogen) atoms. The molecule has 2 aromatic heterocycles. The zero-order valence-corrected chi connectivity index (χ0v) is 19.1. The van der Waals surface area contributed by atoms with E-state index >= 15 is 0 Å². The quantitative estimate of drug-likeness (QED) is 0.596. The molecule has 2 aromatic rings. The highest BCUT2D eigenvalue weighted by Gasteiger charge is 2.20. The van der Waals surface area contributed by atoms with Crippen LogP contribution in [0.15, 0.2) is 6.07 Å². The van der Waals surface area contributed by atoms with E-state index in [2.05, 4.69) is 52.9 Å². The molecule has 0 radical (unpaired) electrons. The summed E-state index contributed by atoms with van der Waals surface area (Å²) in [5, 5.41) is 3.45. The molecule has 0 atom stereocenters. The summed E-state index contributed by atoms with van der Waals surface area (Å²) >= 11 is 0. The first-order chi connectivity index (χ1) is 13.9. The molecule has 2 heterocycles. The number of aromatic nitrogens is 3. The minimum atomic E-state index is 0.127. The van der Waals surface area contributed by atoms with E-state index in [4.69, 9.17) is 25.4 Å². The van der Waals surface area contributed by atoms with Gasteiger partial charge >= 0.3 is 0 Å². The van der Waals surface area contributed by atoms with Crippen LogP contribution in [-0.4, -0.2) is 27.1 Å². The lowest BCUT2D eigenvalue weighted by Crippen LogP contribution is -2.18. The summed E-state index contributed by atoms with van der Waals surface area (Å²) < 4.78 is 6.13. The van der Waals surface area contributed by atoms with Crippen molar-refractivity contribution in [2.75, 3.05) is 5.32 Å². The Bertz CT molecular complexity index is 815. The number of nitrogens with zero attached hydrogens (tertiary/aromatic N) is 3. The molecule has 2 rings (SSSR count). The van der Waals surface area contributed by atoms with Crippen LogP contribution < -0.4 is 15.8 Å². The Balaban J connectivity index is 2.59. The molecular weight excluding hydrogens is 362 g/mol. The predicted octanol–water partition coefficient (Wildman–Crippen LogP) is 4.82. The van der Waals surface area contributed by atoms with Crippen LogP contribution in [0, 0.1) is 6.92 Å². The van der Waals surface area contributed by atoms with Crippen LogP contribution in [-0.2, 0) is 19.4 Å². The van der Waals surface area contributed by atoms with Crippen LogP contribution in [0.5, 0.6) is 5.88 Å². The van der Waals surface area contributed by atoms with Gasteiger partial charge in [0.2, 0.25) is 5.88 Å². The topological polar surface area (TPSA) is 86.0 Å². The van der Waals surface area contributed by atoms with Crippen molar-refractivity contribution in [2.45, 2.75) is 92.8 Å². The second-order valence-electron chi connectivity index (χ2n) is 7.67. The van der Waals surface area contributed by atoms with E-state index in [0.717, 1.165) is 54.1 Å². The van der Waals surface area contributed by atoms with Crippen molar-refractivity contribution in [3.05, 3.63) is 28.7 Å². The van der Waals surface area contributed by atoms with Gasteiger partial charge in [-0.1, -0.05) is 27.7 Å². The molecule has 0 amide bonds. The van der Waals surface area contributed by atoms with Gasteiger partial charge in [-0.15, -0.1) is 0 Å². The van der Waals surface area contributed by atoms with E-state index in [1.807, 2.05) is 6.92 Å². The number of aryl methyl sites for hydroxylation is 3. The maximum atomic E-state index is 6.13. The van der Waals surface area contributed by atoms with Crippen molar-refractivity contribution in [1.82, 2.24) is 15.0 Å². The number of nitrogens with two attached hydrogens (primary N) is 1. The second kappa shape index (κ2) is 10.5. The average molecular weight is 400 g/mol. The van der Waals surface area contributed by atoms with Gasteiger partial charge in [0, 0.05) is 23.8 Å². The molecule has 6 nitrogen and oxygen atoms in total. The molecule has 0 aliphatic carbocycles. The standard InChI is InChI=1S/C23H37N5O/c1-8-16-12-18(15(7)26-22(16)25-14(5)6)21-19(11-4)28-23(20(13-24)27-21)29-17(9-2)10-3/h12,14,17H,8-11,13,24H2,1-7H3,(H,25,26). The molecule has 160 valence electrons. The van der Waals surface area contributed by atoms with Gasteiger partial charge in [-0.2, -0.15) is 0 Å². The Kier molecular flexibility index (Phi) is 8.38. The zero-order valence-electron chi connectivity index (χ0n) is 19.1. The lowest BCUT2D eigenvalue weighted by Gasteiger charge is -2.20. The lowest BCUT2D eigenvalue weighted by atomic mass is 10.0. The van der Waals surface area contributed by atoms with Crippen molar-refractivity contribution in [2.24, 2.45) is 5.73 Å². The van der Waals surface area contributed by atoms with Crippen LogP contribution in [0.25, 0.3) is 11.3 Å². The number of hydrogen-bond donors (Lipinski definition) is 2. The van der Waals surface area contributed by atoms with E-state index in [-0.39, 0.29) is 6.10 Å². The highest BCUT2D eigenvalue weighted by molar-refractivity contribution is 5.68. The van der Waals surface area contributed by atoms with Gasteiger partial charge in [-0.05, 0) is 58.1 Å². The van der Waals surface area contributed by atoms with Crippen molar-refractivity contribution < 1.29 is 4.74 Å². The minimum Gasteiger partial charge on any atom is -0.473 e. The molecule has 0 saturated heterocycles. The number of pyridine rings is 1. The fraction of sp³-hybridized carbons (Fsp3) is 0.609. The molecule has 0 unspecified atom stereocenters. The molecule has 0 fully saturated rings. The highest BCUT2D eigenvalue weighted by atomic mass is 16.5. The molecule has 3 N–H and O–H groups in total. The van der Waals surface area contributed by atoms with Crippen molar-refractivity contribution in [3.63, 3.8) is 0 Å². The summed E-state index contributed by atoms with van der Waals surface area (Å²) in [6.07, 6.45) is 3.64. The number of hydrogen-bond acceptors (Lipinski definition) is 6. The monoisotopic (exact) mass is 399 g/mol. The van der Waals surface area contributed by atoms with E-state index in [9.17, 15) is 0 Å². The molecule has 0 spiro atoms. The molecule has 0 aromatic carbocycles. The Morgan fingerprint density at radius 2 is 1.69 bits per heavy atom. The summed E-state index contributed by atoms with van der Waals surface area (Å²) in [6, 6.07) is 2.52. The number of ether oxygens (including phenoxy) is 1. The summed E-state index contributed by atoms with van der Waals surface area (Å²) in [5.74, 6) is 1.52. The fourth-order valence-electron chi connectivity index (χ4n) is 3.34. The van der Waals surface area contributed by atoms with Crippen LogP contribution in [0.3, 0.4) is 0 Å². The van der Waals surface area contributed by atoms with Crippen LogP contribution in [0.1, 0.15) is 77.0 Å². The van der Waals surface area contributed by atoms with Gasteiger partial charge < -0.3 is 15.8 Å². The van der Waals surface area contributed by atoms with Crippen LogP contribution >= 0.6 is 0 Å². The third kappa shape index (κ3) is 5.44. The van der Waals surface area contributed by atoms with E-state index in [0.29, 0.717) is 24.2 Å². The van der Waals surface area contributed by atoms with Crippen LogP contribution in [0.2, 0.25) is 0 Å². The normalized spacial score (nSPS) is 11.4.